The maximum Gasteiger partial charge on any atom is 0.238 e. The van der Waals surface area contributed by atoms with Crippen LogP contribution in [0.4, 0.5) is 5.69 Å². The van der Waals surface area contributed by atoms with Crippen LogP contribution in [0.3, 0.4) is 0 Å². The Morgan fingerprint density at radius 1 is 1.11 bits per heavy atom. The second-order valence-corrected chi connectivity index (χ2v) is 4.78. The van der Waals surface area contributed by atoms with E-state index in [0.717, 1.165) is 29.9 Å². The van der Waals surface area contributed by atoms with Crippen LogP contribution < -0.4 is 5.32 Å². The van der Waals surface area contributed by atoms with Gasteiger partial charge in [-0.2, -0.15) is 0 Å². The summed E-state index contributed by atoms with van der Waals surface area (Å²) in [4.78, 5) is 14.1. The molecule has 0 spiro atoms. The molecule has 4 heteroatoms. The van der Waals surface area contributed by atoms with Crippen molar-refractivity contribution in [3.63, 3.8) is 0 Å². The molecule has 1 rings (SSSR count). The topological polar surface area (TPSA) is 32.3 Å². The van der Waals surface area contributed by atoms with Gasteiger partial charge >= 0.3 is 0 Å². The molecule has 19 heavy (non-hydrogen) atoms. The second-order valence-electron chi connectivity index (χ2n) is 4.78. The van der Waals surface area contributed by atoms with E-state index in [4.69, 9.17) is 0 Å². The molecule has 0 saturated carbocycles. The number of hydrogen-bond acceptors (Lipinski definition) is 2. The molecule has 0 unspecified atom stereocenters. The molecular formula is C15H25ClN2O. The number of carbonyl (C=O) groups is 1. The number of halogens is 1. The Balaban J connectivity index is 0.00000324. The lowest BCUT2D eigenvalue weighted by atomic mass is 10.1. The number of carbonyl (C=O) groups excluding carboxylic acids is 1. The van der Waals surface area contributed by atoms with Crippen LogP contribution in [0.15, 0.2) is 12.1 Å². The number of rotatable bonds is 5. The monoisotopic (exact) mass is 284 g/mol. The predicted molar refractivity (Wildman–Crippen MR) is 84.3 cm³/mol. The minimum Gasteiger partial charge on any atom is -0.324 e. The largest absolute Gasteiger partial charge is 0.324 e. The van der Waals surface area contributed by atoms with Crippen molar-refractivity contribution in [2.24, 2.45) is 0 Å². The van der Waals surface area contributed by atoms with Gasteiger partial charge in [-0.05, 0) is 45.0 Å². The fourth-order valence-electron chi connectivity index (χ4n) is 2.21. The number of likely N-dealkylation sites (N-methyl/N-ethyl adjacent to an activating group) is 1. The van der Waals surface area contributed by atoms with Crippen molar-refractivity contribution < 1.29 is 4.79 Å². The van der Waals surface area contributed by atoms with Gasteiger partial charge in [-0.25, -0.2) is 0 Å². The van der Waals surface area contributed by atoms with E-state index < -0.39 is 0 Å². The van der Waals surface area contributed by atoms with Gasteiger partial charge in [0, 0.05) is 5.69 Å². The third-order valence-corrected chi connectivity index (χ3v) is 3.20. The summed E-state index contributed by atoms with van der Waals surface area (Å²) in [5.41, 5.74) is 4.44. The van der Waals surface area contributed by atoms with E-state index in [-0.39, 0.29) is 18.3 Å². The van der Waals surface area contributed by atoms with E-state index in [2.05, 4.69) is 43.1 Å². The highest BCUT2D eigenvalue weighted by molar-refractivity contribution is 5.93. The van der Waals surface area contributed by atoms with E-state index in [1.165, 1.54) is 5.56 Å². The highest BCUT2D eigenvalue weighted by Crippen LogP contribution is 2.21. The van der Waals surface area contributed by atoms with Crippen molar-refractivity contribution >= 4 is 24.0 Å². The van der Waals surface area contributed by atoms with Gasteiger partial charge in [0.2, 0.25) is 5.91 Å². The van der Waals surface area contributed by atoms with Crippen LogP contribution in [0.5, 0.6) is 0 Å². The molecule has 108 valence electrons. The van der Waals surface area contributed by atoms with Gasteiger partial charge in [0.05, 0.1) is 6.54 Å². The van der Waals surface area contributed by atoms with Crippen molar-refractivity contribution in [3.05, 3.63) is 28.8 Å². The molecule has 1 N–H and O–H groups in total. The summed E-state index contributed by atoms with van der Waals surface area (Å²) in [6.45, 7) is 12.5. The Hall–Kier alpha value is -1.06. The first kappa shape index (κ1) is 17.9. The van der Waals surface area contributed by atoms with Crippen LogP contribution in [-0.4, -0.2) is 30.4 Å². The first-order valence-electron chi connectivity index (χ1n) is 6.58. The average Bonchev–Trinajstić information content (AvgIpc) is 2.30. The minimum absolute atomic E-state index is 0. The summed E-state index contributed by atoms with van der Waals surface area (Å²) >= 11 is 0. The van der Waals surface area contributed by atoms with Gasteiger partial charge in [0.15, 0.2) is 0 Å². The summed E-state index contributed by atoms with van der Waals surface area (Å²) in [5.74, 6) is 0.0637. The Bertz CT molecular complexity index is 405. The van der Waals surface area contributed by atoms with Crippen molar-refractivity contribution in [2.45, 2.75) is 34.6 Å². The summed E-state index contributed by atoms with van der Waals surface area (Å²) in [6, 6.07) is 4.19. The van der Waals surface area contributed by atoms with Gasteiger partial charge < -0.3 is 5.32 Å². The number of anilines is 1. The molecule has 0 aliphatic carbocycles. The first-order valence-corrected chi connectivity index (χ1v) is 6.58. The Morgan fingerprint density at radius 2 is 1.58 bits per heavy atom. The standard InChI is InChI=1S/C15H24N2O.ClH/c1-6-17(7-2)10-14(18)16-15-12(4)8-11(3)9-13(15)5;/h8-9H,6-7,10H2,1-5H3,(H,16,18);1H. The average molecular weight is 285 g/mol. The van der Waals surface area contributed by atoms with Crippen LogP contribution in [0.2, 0.25) is 0 Å². The normalized spacial score (nSPS) is 10.2. The van der Waals surface area contributed by atoms with Crippen molar-refractivity contribution in [1.29, 1.82) is 0 Å². The molecule has 0 radical (unpaired) electrons. The Labute approximate surface area is 122 Å². The Kier molecular flexibility index (Phi) is 7.72. The first-order chi connectivity index (χ1) is 8.47. The van der Waals surface area contributed by atoms with Crippen LogP contribution in [-0.2, 0) is 4.79 Å². The van der Waals surface area contributed by atoms with Gasteiger partial charge in [0.25, 0.3) is 0 Å². The van der Waals surface area contributed by atoms with Gasteiger partial charge in [0.1, 0.15) is 0 Å². The number of hydrogen-bond donors (Lipinski definition) is 1. The lowest BCUT2D eigenvalue weighted by Gasteiger charge is -2.19. The zero-order valence-electron chi connectivity index (χ0n) is 12.5. The fourth-order valence-corrected chi connectivity index (χ4v) is 2.21. The summed E-state index contributed by atoms with van der Waals surface area (Å²) in [7, 11) is 0. The summed E-state index contributed by atoms with van der Waals surface area (Å²) in [6.07, 6.45) is 0. The van der Waals surface area contributed by atoms with Gasteiger partial charge in [-0.1, -0.05) is 31.5 Å². The minimum atomic E-state index is 0. The van der Waals surface area contributed by atoms with Crippen LogP contribution in [0.25, 0.3) is 0 Å². The number of aryl methyl sites for hydroxylation is 3. The molecule has 1 aromatic rings. The van der Waals surface area contributed by atoms with Crippen molar-refractivity contribution in [2.75, 3.05) is 25.0 Å². The molecule has 0 aliphatic heterocycles. The third kappa shape index (κ3) is 5.21. The quantitative estimate of drug-likeness (QED) is 0.900. The van der Waals surface area contributed by atoms with Crippen LogP contribution in [0, 0.1) is 20.8 Å². The molecule has 0 saturated heterocycles. The van der Waals surface area contributed by atoms with Gasteiger partial charge in [-0.3, -0.25) is 9.69 Å². The van der Waals surface area contributed by atoms with Crippen LogP contribution >= 0.6 is 12.4 Å². The molecule has 1 aromatic carbocycles. The smallest absolute Gasteiger partial charge is 0.238 e. The zero-order chi connectivity index (χ0) is 13.7. The zero-order valence-corrected chi connectivity index (χ0v) is 13.4. The van der Waals surface area contributed by atoms with E-state index >= 15 is 0 Å². The summed E-state index contributed by atoms with van der Waals surface area (Å²) < 4.78 is 0. The maximum absolute atomic E-state index is 12.0. The third-order valence-electron chi connectivity index (χ3n) is 3.20. The molecule has 0 atom stereocenters. The molecular weight excluding hydrogens is 260 g/mol. The van der Waals surface area contributed by atoms with Crippen molar-refractivity contribution in [3.8, 4) is 0 Å². The van der Waals surface area contributed by atoms with Gasteiger partial charge in [-0.15, -0.1) is 12.4 Å². The van der Waals surface area contributed by atoms with Crippen molar-refractivity contribution in [1.82, 2.24) is 4.90 Å². The number of amides is 1. The SMILES string of the molecule is CCN(CC)CC(=O)Nc1c(C)cc(C)cc1C.Cl. The highest BCUT2D eigenvalue weighted by Gasteiger charge is 2.10. The molecule has 0 aliphatic rings. The van der Waals surface area contributed by atoms with E-state index in [0.29, 0.717) is 6.54 Å². The molecule has 0 fully saturated rings. The maximum atomic E-state index is 12.0. The summed E-state index contributed by atoms with van der Waals surface area (Å²) in [5, 5.41) is 3.02. The Morgan fingerprint density at radius 3 is 2.00 bits per heavy atom. The molecule has 3 nitrogen and oxygen atoms in total. The number of nitrogens with zero attached hydrogens (tertiary/aromatic N) is 1. The lowest BCUT2D eigenvalue weighted by molar-refractivity contribution is -0.117. The van der Waals surface area contributed by atoms with E-state index in [1.807, 2.05) is 13.8 Å². The molecule has 0 bridgehead atoms. The fraction of sp³-hybridized carbons (Fsp3) is 0.533. The lowest BCUT2D eigenvalue weighted by Crippen LogP contribution is -2.33. The number of benzene rings is 1. The van der Waals surface area contributed by atoms with Crippen LogP contribution in [0.1, 0.15) is 30.5 Å². The molecule has 0 aromatic heterocycles. The van der Waals surface area contributed by atoms with E-state index in [9.17, 15) is 4.79 Å². The molecule has 1 amide bonds. The second kappa shape index (κ2) is 8.18. The predicted octanol–water partition coefficient (Wildman–Crippen LogP) is 3.31. The molecule has 0 heterocycles. The number of nitrogens with one attached hydrogen (secondary N) is 1. The van der Waals surface area contributed by atoms with E-state index in [1.54, 1.807) is 0 Å². The highest BCUT2D eigenvalue weighted by atomic mass is 35.5.